The second-order valence-electron chi connectivity index (χ2n) is 22.6. The number of nitrogens with one attached hydrogen (secondary N) is 4. The first kappa shape index (κ1) is 73.1. The number of rotatable bonds is 22. The summed E-state index contributed by atoms with van der Waals surface area (Å²) < 4.78 is 76.0. The normalized spacial score (nSPS) is 48.0. The molecule has 7 rings (SSSR count). The zero-order valence-corrected chi connectivity index (χ0v) is 48.4. The van der Waals surface area contributed by atoms with Crippen molar-refractivity contribution in [2.24, 2.45) is 0 Å². The summed E-state index contributed by atoms with van der Waals surface area (Å²) in [5.74, 6) is -3.24. The number of hydrogen-bond acceptors (Lipinski definition) is 35. The first-order valence-electron chi connectivity index (χ1n) is 28.4. The third-order valence-electron chi connectivity index (χ3n) is 16.1. The van der Waals surface area contributed by atoms with Crippen LogP contribution in [0.1, 0.15) is 34.6 Å². The smallest absolute Gasteiger partial charge is 0.217 e. The number of hydrogen-bond donors (Lipinski definition) is 22. The van der Waals surface area contributed by atoms with Gasteiger partial charge in [0.05, 0.1) is 45.7 Å². The van der Waals surface area contributed by atoms with Crippen LogP contribution < -0.4 is 21.3 Å². The monoisotopic (exact) mass is 1300 g/mol. The largest absolute Gasteiger partial charge is 0.394 e. The van der Waals surface area contributed by atoms with Gasteiger partial charge in [0.2, 0.25) is 23.6 Å². The van der Waals surface area contributed by atoms with Crippen molar-refractivity contribution in [3.05, 3.63) is 0 Å². The van der Waals surface area contributed by atoms with Gasteiger partial charge in [0, 0.05) is 27.7 Å². The first-order valence-corrected chi connectivity index (χ1v) is 28.4. The van der Waals surface area contributed by atoms with Gasteiger partial charge in [0.15, 0.2) is 44.0 Å². The van der Waals surface area contributed by atoms with Crippen molar-refractivity contribution in [1.29, 1.82) is 0 Å². The lowest BCUT2D eigenvalue weighted by atomic mass is 9.94. The Balaban J connectivity index is 1.22. The molecule has 0 spiro atoms. The average Bonchev–Trinajstić information content (AvgIpc) is 0.854. The maximum atomic E-state index is 12.8. The molecule has 0 aromatic rings. The standard InChI is InChI=1S/C50H84N4O35/c1-12-27(63)36(72)37(73)48(79-12)87-41-26(54-16(5)62)46(82-19(8-57)30(41)66)78-11-22-33(69)43(89-49-38(74)42(31(67)20(9-58)84-49)88-47-24(52-14(3)60)35(71)29(65)18(7-56)83-47)39(75)50(85-22)86-40-25(53-15(4)61)44(76)80-21(32(40)68)10-77-45-23(51-13(2)59)34(70)28(64)17(6-55)81-45/h12,17-50,55-58,63-76H,6-11H2,1-5H3,(H,51,59)(H,52,60)(H,53,61)(H,54,62)/t12-,17+,18+,19+,20+,21+,22+,23+,24+,25+,26+,27+,28+,29-,30+,31-,32-,33-,34+,35+,36+,37-,38+,39+,40+,41+,42-,43-,44?,45+,46+,47-,48-,49-,50-/m0/s1. The average molecular weight is 1300 g/mol. The van der Waals surface area contributed by atoms with E-state index in [0.29, 0.717) is 0 Å². The Morgan fingerprint density at radius 3 is 1.10 bits per heavy atom. The molecule has 89 heavy (non-hydrogen) atoms. The van der Waals surface area contributed by atoms with E-state index in [1.165, 1.54) is 6.92 Å². The minimum Gasteiger partial charge on any atom is -0.394 e. The van der Waals surface area contributed by atoms with Gasteiger partial charge < -0.3 is 175 Å². The molecule has 4 amide bonds. The lowest BCUT2D eigenvalue weighted by Gasteiger charge is -2.50. The van der Waals surface area contributed by atoms with E-state index >= 15 is 0 Å². The van der Waals surface area contributed by atoms with E-state index < -0.39 is 278 Å². The summed E-state index contributed by atoms with van der Waals surface area (Å²) in [7, 11) is 0. The second-order valence-corrected chi connectivity index (χ2v) is 22.6. The predicted octanol–water partition coefficient (Wildman–Crippen LogP) is -14.7. The maximum Gasteiger partial charge on any atom is 0.217 e. The summed E-state index contributed by atoms with van der Waals surface area (Å²) in [6.07, 6.45) is -59.4. The molecule has 0 radical (unpaired) electrons. The molecule has 0 saturated carbocycles. The lowest BCUT2D eigenvalue weighted by Crippen LogP contribution is -2.70. The topological polar surface area (TPSA) is 601 Å². The van der Waals surface area contributed by atoms with Crippen molar-refractivity contribution >= 4 is 23.6 Å². The van der Waals surface area contributed by atoms with Crippen LogP contribution in [0.25, 0.3) is 0 Å². The van der Waals surface area contributed by atoms with Crippen molar-refractivity contribution in [3.8, 4) is 0 Å². The molecule has 22 N–H and O–H groups in total. The quantitative estimate of drug-likeness (QED) is 0.0479. The number of aliphatic hydroxyl groups is 18. The van der Waals surface area contributed by atoms with Crippen molar-refractivity contribution in [2.45, 2.75) is 249 Å². The molecular formula is C50H84N4O35. The van der Waals surface area contributed by atoms with Crippen molar-refractivity contribution in [3.63, 3.8) is 0 Å². The van der Waals surface area contributed by atoms with E-state index in [9.17, 15) is 111 Å². The van der Waals surface area contributed by atoms with E-state index in [1.54, 1.807) is 0 Å². The van der Waals surface area contributed by atoms with Gasteiger partial charge in [0.25, 0.3) is 0 Å². The van der Waals surface area contributed by atoms with Gasteiger partial charge in [-0.15, -0.1) is 0 Å². The van der Waals surface area contributed by atoms with E-state index in [2.05, 4.69) is 21.3 Å². The van der Waals surface area contributed by atoms with E-state index in [1.807, 2.05) is 0 Å². The molecule has 7 aliphatic rings. The Labute approximate surface area is 505 Å². The number of ether oxygens (including phenoxy) is 13. The molecule has 39 nitrogen and oxygen atoms in total. The highest BCUT2D eigenvalue weighted by molar-refractivity contribution is 5.74. The Hall–Kier alpha value is -3.36. The highest BCUT2D eigenvalue weighted by atomic mass is 16.8. The summed E-state index contributed by atoms with van der Waals surface area (Å²) in [6, 6.07) is -6.69. The molecule has 7 saturated heterocycles. The molecule has 0 bridgehead atoms. The Morgan fingerprint density at radius 1 is 0.315 bits per heavy atom. The number of carbonyl (C=O) groups is 4. The van der Waals surface area contributed by atoms with Crippen LogP contribution in [0.2, 0.25) is 0 Å². The zero-order chi connectivity index (χ0) is 65.8. The number of carbonyl (C=O) groups excluding carboxylic acids is 4. The van der Waals surface area contributed by atoms with E-state index in [0.717, 1.165) is 27.7 Å². The van der Waals surface area contributed by atoms with Crippen LogP contribution in [0.5, 0.6) is 0 Å². The van der Waals surface area contributed by atoms with Gasteiger partial charge in [-0.1, -0.05) is 0 Å². The molecular weight excluding hydrogens is 1220 g/mol. The van der Waals surface area contributed by atoms with Gasteiger partial charge in [-0.3, -0.25) is 19.2 Å². The molecule has 7 aliphatic heterocycles. The maximum absolute atomic E-state index is 12.8. The fraction of sp³-hybridized carbons (Fsp3) is 0.920. The summed E-state index contributed by atoms with van der Waals surface area (Å²) >= 11 is 0. The van der Waals surface area contributed by atoms with Crippen molar-refractivity contribution in [1.82, 2.24) is 21.3 Å². The van der Waals surface area contributed by atoms with Gasteiger partial charge in [-0.2, -0.15) is 0 Å². The minimum absolute atomic E-state index is 0.735. The van der Waals surface area contributed by atoms with Crippen LogP contribution in [0, 0.1) is 0 Å². The minimum atomic E-state index is -2.41. The van der Waals surface area contributed by atoms with Crippen LogP contribution in [0.4, 0.5) is 0 Å². The third-order valence-corrected chi connectivity index (χ3v) is 16.1. The Kier molecular flexibility index (Phi) is 26.0. The van der Waals surface area contributed by atoms with Crippen LogP contribution in [-0.2, 0) is 80.8 Å². The van der Waals surface area contributed by atoms with E-state index in [-0.39, 0.29) is 0 Å². The Bertz CT molecular complexity index is 2290. The fourth-order valence-corrected chi connectivity index (χ4v) is 11.3. The zero-order valence-electron chi connectivity index (χ0n) is 48.4. The molecule has 7 fully saturated rings. The van der Waals surface area contributed by atoms with Crippen LogP contribution in [0.15, 0.2) is 0 Å². The summed E-state index contributed by atoms with van der Waals surface area (Å²) in [6.45, 7) is -0.315. The van der Waals surface area contributed by atoms with E-state index in [4.69, 9.17) is 61.6 Å². The van der Waals surface area contributed by atoms with Crippen LogP contribution in [-0.4, -0.2) is 370 Å². The van der Waals surface area contributed by atoms with Crippen molar-refractivity contribution < 1.29 is 173 Å². The highest BCUT2D eigenvalue weighted by Gasteiger charge is 2.58. The molecule has 0 aliphatic carbocycles. The predicted molar refractivity (Wildman–Crippen MR) is 277 cm³/mol. The molecule has 0 aromatic carbocycles. The van der Waals surface area contributed by atoms with Crippen LogP contribution in [0.3, 0.4) is 0 Å². The molecule has 514 valence electrons. The summed E-state index contributed by atoms with van der Waals surface area (Å²) in [4.78, 5) is 49.9. The molecule has 1 unspecified atom stereocenters. The fourth-order valence-electron chi connectivity index (χ4n) is 11.3. The molecule has 39 heteroatoms. The summed E-state index contributed by atoms with van der Waals surface area (Å²) in [5, 5.41) is 208. The van der Waals surface area contributed by atoms with Gasteiger partial charge >= 0.3 is 0 Å². The SMILES string of the molecule is CC(=O)N[C@H]1[C@H](O[C@H]2[C@@H](O)[C@@H](CO)O[C@@H](O[C@H]3[C@@H](O)[C@@H](CO[C@@H]4O[C@H](CO)[C@@H](O)[C@H](O[C@@H]5O[C@@H](C)[C@@H](O)[C@@H](O)[C@@H]5O)[C@H]4NC(C)=O)O[C@@H](O[C@H]4[C@@H](O)[C@@H](CO[C@@H]5O[C@H](CO)[C@@H](O)[C@H](O)[C@H]5NC(C)=O)OC(O)[C@@H]4NC(C)=O)[C@@H]3O)[C@@H]2O)O[C@H](CO)[C@H](O)[C@@H]1O. The third kappa shape index (κ3) is 16.6. The van der Waals surface area contributed by atoms with Crippen molar-refractivity contribution in [2.75, 3.05) is 39.6 Å². The molecule has 7 heterocycles. The summed E-state index contributed by atoms with van der Waals surface area (Å²) in [5.41, 5.74) is 0. The lowest BCUT2D eigenvalue weighted by molar-refractivity contribution is -0.386. The van der Waals surface area contributed by atoms with Gasteiger partial charge in [0.1, 0.15) is 165 Å². The molecule has 0 aromatic heterocycles. The van der Waals surface area contributed by atoms with Gasteiger partial charge in [-0.05, 0) is 6.92 Å². The van der Waals surface area contributed by atoms with Crippen LogP contribution >= 0.6 is 0 Å². The highest BCUT2D eigenvalue weighted by Crippen LogP contribution is 2.37. The second kappa shape index (κ2) is 31.7. The number of amides is 4. The number of aliphatic hydroxyl groups excluding tert-OH is 18. The Morgan fingerprint density at radius 2 is 0.629 bits per heavy atom. The molecule has 35 atom stereocenters. The van der Waals surface area contributed by atoms with Gasteiger partial charge in [-0.25, -0.2) is 0 Å². The first-order chi connectivity index (χ1) is 42.0.